The molecule has 0 aromatic heterocycles. The third-order valence-electron chi connectivity index (χ3n) is 4.07. The fourth-order valence-corrected chi connectivity index (χ4v) is 1.66. The van der Waals surface area contributed by atoms with Crippen LogP contribution in [0.4, 0.5) is 0 Å². The van der Waals surface area contributed by atoms with E-state index in [4.69, 9.17) is 20.4 Å². The summed E-state index contributed by atoms with van der Waals surface area (Å²) < 4.78 is 0. The molecule has 0 saturated heterocycles. The Morgan fingerprint density at radius 3 is 1.17 bits per heavy atom. The van der Waals surface area contributed by atoms with Crippen molar-refractivity contribution >= 4 is 23.8 Å². The summed E-state index contributed by atoms with van der Waals surface area (Å²) in [6.45, 7) is 5.41. The number of carboxylic acids is 2. The number of aliphatic hydroxyl groups is 4. The molecule has 12 nitrogen and oxygen atoms in total. The largest absolute Gasteiger partial charge is 0.481 e. The average Bonchev–Trinajstić information content (AvgIpc) is 2.66. The Kier molecular flexibility index (Phi) is 13.8. The quantitative estimate of drug-likeness (QED) is 0.166. The summed E-state index contributed by atoms with van der Waals surface area (Å²) in [7, 11) is 0. The Hall–Kier alpha value is -2.28. The van der Waals surface area contributed by atoms with Crippen LogP contribution in [0.2, 0.25) is 0 Å². The molecule has 0 aromatic carbocycles. The molecule has 0 heterocycles. The third-order valence-corrected chi connectivity index (χ3v) is 4.07. The minimum Gasteiger partial charge on any atom is -0.481 e. The summed E-state index contributed by atoms with van der Waals surface area (Å²) >= 11 is 0. The van der Waals surface area contributed by atoms with Crippen molar-refractivity contribution in [2.24, 2.45) is 10.8 Å². The minimum atomic E-state index is -1.35. The summed E-state index contributed by atoms with van der Waals surface area (Å²) in [6, 6.07) is 0. The number of carbonyl (C=O) groups is 4. The van der Waals surface area contributed by atoms with Crippen LogP contribution in [0, 0.1) is 10.8 Å². The van der Waals surface area contributed by atoms with Gasteiger partial charge < -0.3 is 41.3 Å². The van der Waals surface area contributed by atoms with Crippen molar-refractivity contribution in [2.45, 2.75) is 52.7 Å². The first kappa shape index (κ1) is 29.9. The maximum atomic E-state index is 11.3. The zero-order chi connectivity index (χ0) is 24.1. The molecular weight excluding hydrogens is 404 g/mol. The van der Waals surface area contributed by atoms with Crippen LogP contribution >= 0.6 is 0 Å². The van der Waals surface area contributed by atoms with Crippen LogP contribution in [-0.4, -0.2) is 92.9 Å². The van der Waals surface area contributed by atoms with Crippen LogP contribution in [-0.2, 0) is 19.2 Å². The Morgan fingerprint density at radius 2 is 0.967 bits per heavy atom. The summed E-state index contributed by atoms with van der Waals surface area (Å²) in [5, 5.41) is 57.9. The van der Waals surface area contributed by atoms with E-state index in [1.807, 2.05) is 0 Å². The SMILES string of the molecule is CC(C)(CO)C(O)C(=O)NCCC(=O)O.CC(C)(CO)[C@@H](O)C(=O)NCCC(=O)O. The molecule has 0 radical (unpaired) electrons. The van der Waals surface area contributed by atoms with Gasteiger partial charge in [-0.15, -0.1) is 0 Å². The van der Waals surface area contributed by atoms with Gasteiger partial charge in [0.25, 0.3) is 0 Å². The summed E-state index contributed by atoms with van der Waals surface area (Å²) in [6.07, 6.45) is -3.09. The van der Waals surface area contributed by atoms with Gasteiger partial charge in [0.05, 0.1) is 26.1 Å². The molecule has 2 amide bonds. The standard InChI is InChI=1S/2C9H17NO5/c2*1-9(2,5-11)7(14)8(15)10-4-3-6(12)13/h2*7,11,14H,3-5H2,1-2H3,(H,10,15)(H,12,13)/t7-;/m0./s1. The van der Waals surface area contributed by atoms with Crippen molar-refractivity contribution in [1.29, 1.82) is 0 Å². The van der Waals surface area contributed by atoms with Crippen molar-refractivity contribution < 1.29 is 49.8 Å². The normalized spacial score (nSPS) is 13.3. The maximum absolute atomic E-state index is 11.3. The Bertz CT molecular complexity index is 527. The Balaban J connectivity index is 0. The highest BCUT2D eigenvalue weighted by atomic mass is 16.4. The zero-order valence-electron chi connectivity index (χ0n) is 17.7. The molecule has 0 spiro atoms. The number of hydrogen-bond donors (Lipinski definition) is 8. The van der Waals surface area contributed by atoms with E-state index < -0.39 is 46.8 Å². The lowest BCUT2D eigenvalue weighted by Gasteiger charge is -2.26. The van der Waals surface area contributed by atoms with Gasteiger partial charge in [-0.1, -0.05) is 27.7 Å². The first-order chi connectivity index (χ1) is 13.6. The van der Waals surface area contributed by atoms with E-state index in [-0.39, 0.29) is 39.1 Å². The average molecular weight is 438 g/mol. The molecule has 12 heteroatoms. The molecule has 0 aromatic rings. The molecule has 2 atom stereocenters. The highest BCUT2D eigenvalue weighted by Gasteiger charge is 2.33. The number of rotatable bonds is 12. The molecule has 0 aliphatic rings. The van der Waals surface area contributed by atoms with Crippen LogP contribution in [0.1, 0.15) is 40.5 Å². The van der Waals surface area contributed by atoms with Gasteiger partial charge in [-0.2, -0.15) is 0 Å². The predicted molar refractivity (Wildman–Crippen MR) is 104 cm³/mol. The van der Waals surface area contributed by atoms with Crippen LogP contribution in [0.5, 0.6) is 0 Å². The van der Waals surface area contributed by atoms with E-state index in [1.54, 1.807) is 0 Å². The number of carboxylic acid groups (broad SMARTS) is 2. The van der Waals surface area contributed by atoms with E-state index in [0.29, 0.717) is 0 Å². The van der Waals surface area contributed by atoms with Crippen LogP contribution in [0.25, 0.3) is 0 Å². The molecule has 0 fully saturated rings. The van der Waals surface area contributed by atoms with E-state index in [1.165, 1.54) is 27.7 Å². The number of hydrogen-bond acceptors (Lipinski definition) is 8. The van der Waals surface area contributed by atoms with Gasteiger partial charge in [0.1, 0.15) is 12.2 Å². The van der Waals surface area contributed by atoms with E-state index >= 15 is 0 Å². The molecule has 8 N–H and O–H groups in total. The van der Waals surface area contributed by atoms with Crippen molar-refractivity contribution in [1.82, 2.24) is 10.6 Å². The first-order valence-corrected chi connectivity index (χ1v) is 9.19. The molecule has 1 unspecified atom stereocenters. The molecule has 0 bridgehead atoms. The second-order valence-electron chi connectivity index (χ2n) is 7.97. The molecule has 0 aliphatic carbocycles. The predicted octanol–water partition coefficient (Wildman–Crippen LogP) is -2.09. The monoisotopic (exact) mass is 438 g/mol. The smallest absolute Gasteiger partial charge is 0.305 e. The van der Waals surface area contributed by atoms with Gasteiger partial charge in [-0.3, -0.25) is 19.2 Å². The molecule has 0 rings (SSSR count). The lowest BCUT2D eigenvalue weighted by atomic mass is 9.87. The maximum Gasteiger partial charge on any atom is 0.305 e. The van der Waals surface area contributed by atoms with E-state index in [2.05, 4.69) is 10.6 Å². The fraction of sp³-hybridized carbons (Fsp3) is 0.778. The molecule has 0 saturated carbocycles. The van der Waals surface area contributed by atoms with Gasteiger partial charge >= 0.3 is 11.9 Å². The summed E-state index contributed by atoms with van der Waals surface area (Å²) in [5.74, 6) is -3.39. The van der Waals surface area contributed by atoms with Crippen LogP contribution in [0.3, 0.4) is 0 Å². The Morgan fingerprint density at radius 1 is 0.700 bits per heavy atom. The number of carbonyl (C=O) groups excluding carboxylic acids is 2. The van der Waals surface area contributed by atoms with Crippen molar-refractivity contribution in [3.8, 4) is 0 Å². The highest BCUT2D eigenvalue weighted by molar-refractivity contribution is 5.82. The van der Waals surface area contributed by atoms with Crippen molar-refractivity contribution in [3.63, 3.8) is 0 Å². The molecular formula is C18H34N2O10. The summed E-state index contributed by atoms with van der Waals surface area (Å²) in [5.41, 5.74) is -1.87. The first-order valence-electron chi connectivity index (χ1n) is 9.19. The second-order valence-corrected chi connectivity index (χ2v) is 7.97. The highest BCUT2D eigenvalue weighted by Crippen LogP contribution is 2.20. The van der Waals surface area contributed by atoms with Crippen LogP contribution in [0.15, 0.2) is 0 Å². The van der Waals surface area contributed by atoms with E-state index in [9.17, 15) is 29.4 Å². The molecule has 176 valence electrons. The number of aliphatic carboxylic acids is 2. The van der Waals surface area contributed by atoms with Gasteiger partial charge in [-0.25, -0.2) is 0 Å². The van der Waals surface area contributed by atoms with Crippen molar-refractivity contribution in [3.05, 3.63) is 0 Å². The second kappa shape index (κ2) is 13.9. The Labute approximate surface area is 174 Å². The topological polar surface area (TPSA) is 214 Å². The van der Waals surface area contributed by atoms with Gasteiger partial charge in [0.15, 0.2) is 0 Å². The lowest BCUT2D eigenvalue weighted by molar-refractivity contribution is -0.140. The lowest BCUT2D eigenvalue weighted by Crippen LogP contribution is -2.45. The van der Waals surface area contributed by atoms with Gasteiger partial charge in [-0.05, 0) is 0 Å². The van der Waals surface area contributed by atoms with Gasteiger partial charge in [0.2, 0.25) is 11.8 Å². The minimum absolute atomic E-state index is 0.0350. The summed E-state index contributed by atoms with van der Waals surface area (Å²) in [4.78, 5) is 42.8. The third kappa shape index (κ3) is 12.3. The van der Waals surface area contributed by atoms with Gasteiger partial charge in [0, 0.05) is 23.9 Å². The number of aliphatic hydroxyl groups excluding tert-OH is 4. The zero-order valence-corrected chi connectivity index (χ0v) is 17.7. The van der Waals surface area contributed by atoms with Crippen molar-refractivity contribution in [2.75, 3.05) is 26.3 Å². The fourth-order valence-electron chi connectivity index (χ4n) is 1.66. The number of nitrogens with one attached hydrogen (secondary N) is 2. The van der Waals surface area contributed by atoms with E-state index in [0.717, 1.165) is 0 Å². The van der Waals surface area contributed by atoms with Crippen LogP contribution < -0.4 is 10.6 Å². The number of amides is 2. The molecule has 30 heavy (non-hydrogen) atoms. The molecule has 0 aliphatic heterocycles.